The Morgan fingerprint density at radius 3 is 1.44 bits per heavy atom. The number of amides is 2. The second-order valence-electron chi connectivity index (χ2n) is 11.6. The van der Waals surface area contributed by atoms with Crippen LogP contribution in [0.25, 0.3) is 0 Å². The SMILES string of the molecule is C=C(O)[C@H](CCCCNC(=O)CC[C@H](NC(=O)CCCCCCCCCCCCCCCCCCC(=O)O)C(=O)O)NP. The zero-order chi connectivity index (χ0) is 32.1. The Labute approximate surface area is 261 Å². The highest BCUT2D eigenvalue weighted by molar-refractivity contribution is 7.13. The monoisotopic (exact) mass is 629 g/mol. The minimum Gasteiger partial charge on any atom is -0.511 e. The van der Waals surface area contributed by atoms with Crippen LogP contribution in [0.1, 0.15) is 148 Å². The van der Waals surface area contributed by atoms with E-state index in [9.17, 15) is 29.4 Å². The number of hydrogen-bond donors (Lipinski definition) is 6. The number of carboxylic acid groups (broad SMARTS) is 2. The summed E-state index contributed by atoms with van der Waals surface area (Å²) in [6.07, 6.45) is 21.0. The third kappa shape index (κ3) is 27.1. The summed E-state index contributed by atoms with van der Waals surface area (Å²) >= 11 is 0. The maximum absolute atomic E-state index is 12.2. The van der Waals surface area contributed by atoms with Crippen molar-refractivity contribution < 1.29 is 34.5 Å². The van der Waals surface area contributed by atoms with E-state index in [2.05, 4.69) is 31.7 Å². The molecule has 0 aromatic carbocycles. The molecule has 0 aliphatic heterocycles. The van der Waals surface area contributed by atoms with Gasteiger partial charge in [0.15, 0.2) is 0 Å². The maximum atomic E-state index is 12.2. The van der Waals surface area contributed by atoms with Crippen molar-refractivity contribution >= 4 is 33.1 Å². The van der Waals surface area contributed by atoms with Crippen LogP contribution in [-0.2, 0) is 19.2 Å². The normalized spacial score (nSPS) is 12.4. The van der Waals surface area contributed by atoms with E-state index >= 15 is 0 Å². The minimum absolute atomic E-state index is 0.0258. The number of hydrogen-bond acceptors (Lipinski definition) is 6. The lowest BCUT2D eigenvalue weighted by Gasteiger charge is -2.15. The standard InChI is InChI=1S/C32H60N3O7P/c1-26(36)27(35-43)20-18-19-25-33-29(37)24-23-28(32(41)42)34-30(38)21-16-14-12-10-8-6-4-2-3-5-7-9-11-13-15-17-22-31(39)40/h27-28,35-36H,1-25,43H2,(H,33,37)(H,34,38)(H,39,40)(H,41,42)/t27-,28-/m0/s1. The van der Waals surface area contributed by atoms with Gasteiger partial charge in [0.1, 0.15) is 11.8 Å². The van der Waals surface area contributed by atoms with Crippen molar-refractivity contribution in [1.82, 2.24) is 15.7 Å². The molecule has 0 heterocycles. The number of aliphatic hydroxyl groups is 1. The van der Waals surface area contributed by atoms with E-state index in [-0.39, 0.29) is 36.5 Å². The highest BCUT2D eigenvalue weighted by Gasteiger charge is 2.20. The Bertz CT molecular complexity index is 782. The number of carbonyl (C=O) groups excluding carboxylic acids is 2. The summed E-state index contributed by atoms with van der Waals surface area (Å²) in [6, 6.07) is -1.28. The molecule has 0 aromatic rings. The van der Waals surface area contributed by atoms with Gasteiger partial charge in [-0.3, -0.25) is 19.5 Å². The fourth-order valence-corrected chi connectivity index (χ4v) is 5.33. The van der Waals surface area contributed by atoms with Crippen molar-refractivity contribution in [3.63, 3.8) is 0 Å². The first-order valence-corrected chi connectivity index (χ1v) is 17.1. The van der Waals surface area contributed by atoms with Gasteiger partial charge >= 0.3 is 11.9 Å². The lowest BCUT2D eigenvalue weighted by molar-refractivity contribution is -0.142. The van der Waals surface area contributed by atoms with Gasteiger partial charge in [0.05, 0.1) is 6.04 Å². The van der Waals surface area contributed by atoms with Crippen molar-refractivity contribution in [2.24, 2.45) is 0 Å². The molecule has 43 heavy (non-hydrogen) atoms. The Kier molecular flexibility index (Phi) is 27.1. The summed E-state index contributed by atoms with van der Waals surface area (Å²) in [5.74, 6) is -2.29. The third-order valence-corrected chi connectivity index (χ3v) is 8.09. The van der Waals surface area contributed by atoms with Gasteiger partial charge < -0.3 is 26.0 Å². The van der Waals surface area contributed by atoms with Gasteiger partial charge in [-0.1, -0.05) is 106 Å². The molecule has 250 valence electrons. The molecule has 0 spiro atoms. The van der Waals surface area contributed by atoms with E-state index < -0.39 is 18.0 Å². The van der Waals surface area contributed by atoms with Crippen LogP contribution in [0, 0.1) is 0 Å². The molecule has 0 aliphatic rings. The first kappa shape index (κ1) is 40.8. The van der Waals surface area contributed by atoms with Gasteiger partial charge in [-0.25, -0.2) is 4.79 Å². The van der Waals surface area contributed by atoms with Crippen molar-refractivity contribution in [3.05, 3.63) is 12.3 Å². The molecule has 0 fully saturated rings. The maximum Gasteiger partial charge on any atom is 0.326 e. The van der Waals surface area contributed by atoms with Crippen LogP contribution in [0.2, 0.25) is 0 Å². The van der Waals surface area contributed by atoms with Gasteiger partial charge in [0.25, 0.3) is 0 Å². The highest BCUT2D eigenvalue weighted by atomic mass is 31.0. The van der Waals surface area contributed by atoms with Crippen LogP contribution in [0.4, 0.5) is 0 Å². The van der Waals surface area contributed by atoms with E-state index in [0.717, 1.165) is 57.8 Å². The fraction of sp³-hybridized carbons (Fsp3) is 0.812. The molecule has 0 rings (SSSR count). The first-order valence-electron chi connectivity index (χ1n) is 16.5. The van der Waals surface area contributed by atoms with Crippen LogP contribution in [0.5, 0.6) is 0 Å². The number of carbonyl (C=O) groups is 4. The molecule has 0 saturated carbocycles. The topological polar surface area (TPSA) is 165 Å². The Morgan fingerprint density at radius 2 is 1.02 bits per heavy atom. The molecule has 10 nitrogen and oxygen atoms in total. The number of aliphatic carboxylic acids is 2. The van der Waals surface area contributed by atoms with Gasteiger partial charge in [-0.05, 0) is 38.5 Å². The molecule has 11 heteroatoms. The van der Waals surface area contributed by atoms with Crippen LogP contribution >= 0.6 is 9.39 Å². The average Bonchev–Trinajstić information content (AvgIpc) is 2.95. The number of rotatable bonds is 31. The minimum atomic E-state index is -1.13. The Balaban J connectivity index is 3.68. The predicted molar refractivity (Wildman–Crippen MR) is 175 cm³/mol. The van der Waals surface area contributed by atoms with E-state index in [1.54, 1.807) is 0 Å². The van der Waals surface area contributed by atoms with Crippen molar-refractivity contribution in [1.29, 1.82) is 0 Å². The fourth-order valence-electron chi connectivity index (χ4n) is 4.97. The summed E-state index contributed by atoms with van der Waals surface area (Å²) in [4.78, 5) is 46.3. The van der Waals surface area contributed by atoms with Crippen molar-refractivity contribution in [2.45, 2.75) is 160 Å². The van der Waals surface area contributed by atoms with Crippen molar-refractivity contribution in [2.75, 3.05) is 6.54 Å². The van der Waals surface area contributed by atoms with Crippen LogP contribution in [-0.4, -0.2) is 57.7 Å². The summed E-state index contributed by atoms with van der Waals surface area (Å²) < 4.78 is 0. The molecule has 0 aliphatic carbocycles. The highest BCUT2D eigenvalue weighted by Crippen LogP contribution is 2.14. The van der Waals surface area contributed by atoms with Gasteiger partial charge in [-0.2, -0.15) is 0 Å². The molecule has 0 aromatic heterocycles. The molecule has 1 unspecified atom stereocenters. The predicted octanol–water partition coefficient (Wildman–Crippen LogP) is 6.55. The largest absolute Gasteiger partial charge is 0.511 e. The molecule has 2 amide bonds. The number of carboxylic acids is 2. The number of unbranched alkanes of at least 4 members (excludes halogenated alkanes) is 16. The molecule has 0 saturated heterocycles. The molecular formula is C32H60N3O7P. The molecule has 6 N–H and O–H groups in total. The second-order valence-corrected chi connectivity index (χ2v) is 11.9. The van der Waals surface area contributed by atoms with E-state index in [0.29, 0.717) is 25.8 Å². The van der Waals surface area contributed by atoms with Gasteiger partial charge in [0, 0.05) is 25.8 Å². The molecule has 0 bridgehead atoms. The average molecular weight is 630 g/mol. The summed E-state index contributed by atoms with van der Waals surface area (Å²) in [5, 5.41) is 35.7. The Morgan fingerprint density at radius 1 is 0.558 bits per heavy atom. The molecule has 3 atom stereocenters. The van der Waals surface area contributed by atoms with Gasteiger partial charge in [0.2, 0.25) is 11.8 Å². The zero-order valence-corrected chi connectivity index (χ0v) is 27.5. The quantitative estimate of drug-likeness (QED) is 0.0285. The lowest BCUT2D eigenvalue weighted by atomic mass is 10.0. The third-order valence-electron chi connectivity index (χ3n) is 7.68. The number of aliphatic hydroxyl groups excluding tert-OH is 1. The summed E-state index contributed by atoms with van der Waals surface area (Å²) in [5.41, 5.74) is 0. The lowest BCUT2D eigenvalue weighted by Crippen LogP contribution is -2.41. The smallest absolute Gasteiger partial charge is 0.326 e. The summed E-state index contributed by atoms with van der Waals surface area (Å²) in [7, 11) is 2.35. The van der Waals surface area contributed by atoms with Crippen molar-refractivity contribution in [3.8, 4) is 0 Å². The number of nitrogens with one attached hydrogen (secondary N) is 3. The van der Waals surface area contributed by atoms with E-state index in [1.165, 1.54) is 57.8 Å². The second kappa shape index (κ2) is 28.6. The Hall–Kier alpha value is -2.19. The molecule has 0 radical (unpaired) electrons. The van der Waals surface area contributed by atoms with Crippen LogP contribution in [0.15, 0.2) is 12.3 Å². The van der Waals surface area contributed by atoms with Crippen LogP contribution < -0.4 is 15.7 Å². The van der Waals surface area contributed by atoms with E-state index in [1.807, 2.05) is 0 Å². The summed E-state index contributed by atoms with van der Waals surface area (Å²) in [6.45, 7) is 3.97. The van der Waals surface area contributed by atoms with Crippen LogP contribution in [0.3, 0.4) is 0 Å². The molecular weight excluding hydrogens is 569 g/mol. The van der Waals surface area contributed by atoms with Gasteiger partial charge in [-0.15, -0.1) is 0 Å². The first-order chi connectivity index (χ1) is 20.7. The van der Waals surface area contributed by atoms with E-state index in [4.69, 9.17) is 5.11 Å². The zero-order valence-electron chi connectivity index (χ0n) is 26.4.